The van der Waals surface area contributed by atoms with Gasteiger partial charge in [0.1, 0.15) is 0 Å². The van der Waals surface area contributed by atoms with E-state index >= 15 is 0 Å². The standard InChI is InChI=1S/C40H58N2O3S/c1-6-27-13-19-40(41-21-22-42-23-25-46(45)26-24-42)20-15-32-30(35(27)40)11-12-34-38(32,4)18-16-33-37(2,3)31(14-17-39(33,34)5)28-7-9-29(10-8-28)36(43)44/h6-10,14,30,32-35,41H,11-13,15-26H2,1-5H3,(H,43,44)/b27-6+/t30?,32?,33-,34-,35+,38?,39?,40?/m0/s1. The Bertz CT molecular complexity index is 1420. The molecule has 7 rings (SSSR count). The quantitative estimate of drug-likeness (QED) is 0.309. The van der Waals surface area contributed by atoms with Crippen LogP contribution in [0.4, 0.5) is 0 Å². The summed E-state index contributed by atoms with van der Waals surface area (Å²) in [6, 6.07) is 7.63. The molecule has 5 nitrogen and oxygen atoms in total. The van der Waals surface area contributed by atoms with Crippen LogP contribution in [0.1, 0.15) is 108 Å². The summed E-state index contributed by atoms with van der Waals surface area (Å²) in [4.78, 5) is 14.0. The number of carboxylic acid groups (broad SMARTS) is 1. The number of nitrogens with zero attached hydrogens (tertiary/aromatic N) is 1. The normalized spacial score (nSPS) is 41.6. The highest BCUT2D eigenvalue weighted by molar-refractivity contribution is 7.85. The maximum atomic E-state index is 11.9. The minimum absolute atomic E-state index is 0.0501. The molecule has 0 radical (unpaired) electrons. The molecule has 5 aliphatic carbocycles. The fourth-order valence-corrected chi connectivity index (χ4v) is 14.1. The summed E-state index contributed by atoms with van der Waals surface area (Å²) >= 11 is 0. The minimum Gasteiger partial charge on any atom is -0.478 e. The van der Waals surface area contributed by atoms with Crippen molar-refractivity contribution in [3.8, 4) is 0 Å². The van der Waals surface area contributed by atoms with E-state index in [2.05, 4.69) is 57.0 Å². The second-order valence-corrected chi connectivity index (χ2v) is 18.8. The predicted molar refractivity (Wildman–Crippen MR) is 189 cm³/mol. The fourth-order valence-electron chi connectivity index (χ4n) is 13.0. The van der Waals surface area contributed by atoms with Gasteiger partial charge in [-0.25, -0.2) is 4.79 Å². The molecule has 8 atom stereocenters. The first-order valence-corrected chi connectivity index (χ1v) is 19.9. The Morgan fingerprint density at radius 3 is 2.41 bits per heavy atom. The number of carbonyl (C=O) groups is 1. The molecule has 1 saturated heterocycles. The molecule has 252 valence electrons. The molecule has 1 aromatic rings. The molecular weight excluding hydrogens is 589 g/mol. The summed E-state index contributed by atoms with van der Waals surface area (Å²) in [5.41, 5.74) is 5.69. The van der Waals surface area contributed by atoms with Gasteiger partial charge in [0.05, 0.1) is 5.56 Å². The Balaban J connectivity index is 1.12. The van der Waals surface area contributed by atoms with Gasteiger partial charge in [0, 0.05) is 59.9 Å². The Morgan fingerprint density at radius 1 is 0.978 bits per heavy atom. The van der Waals surface area contributed by atoms with E-state index in [1.54, 1.807) is 17.7 Å². The lowest BCUT2D eigenvalue weighted by molar-refractivity contribution is -0.170. The number of hydrogen-bond acceptors (Lipinski definition) is 4. The number of hydrogen-bond donors (Lipinski definition) is 2. The van der Waals surface area contributed by atoms with Gasteiger partial charge in [-0.1, -0.05) is 57.6 Å². The van der Waals surface area contributed by atoms with E-state index in [4.69, 9.17) is 0 Å². The maximum absolute atomic E-state index is 11.9. The van der Waals surface area contributed by atoms with Crippen molar-refractivity contribution in [3.63, 3.8) is 0 Å². The summed E-state index contributed by atoms with van der Waals surface area (Å²) < 4.78 is 11.9. The molecule has 5 unspecified atom stereocenters. The molecule has 0 aromatic heterocycles. The first kappa shape index (κ1) is 32.8. The van der Waals surface area contributed by atoms with Crippen LogP contribution < -0.4 is 5.32 Å². The topological polar surface area (TPSA) is 69.6 Å². The zero-order valence-corrected chi connectivity index (χ0v) is 29.9. The third-order valence-corrected chi connectivity index (χ3v) is 16.3. The summed E-state index contributed by atoms with van der Waals surface area (Å²) in [5.74, 6) is 4.45. The minimum atomic E-state index is -0.856. The monoisotopic (exact) mass is 646 g/mol. The maximum Gasteiger partial charge on any atom is 0.335 e. The van der Waals surface area contributed by atoms with Crippen molar-refractivity contribution in [3.05, 3.63) is 53.1 Å². The van der Waals surface area contributed by atoms with Gasteiger partial charge in [0.15, 0.2) is 0 Å². The molecule has 1 heterocycles. The SMILES string of the molecule is C/C=C1\CCC2(NCCN3CCS(=O)CC3)CCC3C(CC[C@H]4C3(C)CC[C@H]3C(C)(C)C(c5ccc(C(=O)O)cc5)=CCC34C)[C@@H]12. The van der Waals surface area contributed by atoms with E-state index < -0.39 is 16.8 Å². The zero-order chi connectivity index (χ0) is 32.5. The van der Waals surface area contributed by atoms with Crippen molar-refractivity contribution in [2.75, 3.05) is 37.7 Å². The van der Waals surface area contributed by atoms with Crippen LogP contribution >= 0.6 is 0 Å². The molecule has 1 aromatic carbocycles. The van der Waals surface area contributed by atoms with Crippen LogP contribution in [-0.4, -0.2) is 63.4 Å². The molecule has 0 amide bonds. The van der Waals surface area contributed by atoms with Gasteiger partial charge in [0.2, 0.25) is 0 Å². The van der Waals surface area contributed by atoms with Crippen LogP contribution in [0.3, 0.4) is 0 Å². The van der Waals surface area contributed by atoms with Gasteiger partial charge >= 0.3 is 5.97 Å². The number of aromatic carboxylic acids is 1. The lowest BCUT2D eigenvalue weighted by atomic mass is 9.37. The Labute approximate surface area is 280 Å². The van der Waals surface area contributed by atoms with E-state index in [9.17, 15) is 14.1 Å². The van der Waals surface area contributed by atoms with Crippen LogP contribution in [0.25, 0.3) is 5.57 Å². The second-order valence-electron chi connectivity index (χ2n) is 17.1. The fraction of sp³-hybridized carbons (Fsp3) is 0.725. The molecule has 4 saturated carbocycles. The van der Waals surface area contributed by atoms with Gasteiger partial charge in [-0.3, -0.25) is 4.21 Å². The molecular formula is C40H58N2O3S. The molecule has 1 aliphatic heterocycles. The van der Waals surface area contributed by atoms with Gasteiger partial charge in [-0.2, -0.15) is 0 Å². The summed E-state index contributed by atoms with van der Waals surface area (Å²) in [7, 11) is -0.608. The molecule has 46 heavy (non-hydrogen) atoms. The van der Waals surface area contributed by atoms with Crippen molar-refractivity contribution >= 4 is 22.3 Å². The number of fused-ring (bicyclic) bond motifs is 7. The number of nitrogens with one attached hydrogen (secondary N) is 1. The third-order valence-electron chi connectivity index (χ3n) is 15.0. The van der Waals surface area contributed by atoms with E-state index in [0.29, 0.717) is 22.8 Å². The number of rotatable bonds is 6. The summed E-state index contributed by atoms with van der Waals surface area (Å²) in [6.45, 7) is 16.7. The van der Waals surface area contributed by atoms with Crippen molar-refractivity contribution in [1.29, 1.82) is 0 Å². The van der Waals surface area contributed by atoms with E-state index in [1.165, 1.54) is 62.5 Å². The van der Waals surface area contributed by atoms with Gasteiger partial charge in [-0.15, -0.1) is 0 Å². The first-order chi connectivity index (χ1) is 21.9. The van der Waals surface area contributed by atoms with Crippen LogP contribution in [0.2, 0.25) is 0 Å². The number of allylic oxidation sites excluding steroid dienone is 3. The van der Waals surface area contributed by atoms with E-state index in [1.807, 2.05) is 12.1 Å². The molecule has 0 spiro atoms. The zero-order valence-electron chi connectivity index (χ0n) is 29.1. The van der Waals surface area contributed by atoms with Gasteiger partial charge in [0.25, 0.3) is 0 Å². The van der Waals surface area contributed by atoms with Crippen LogP contribution in [0, 0.1) is 45.8 Å². The van der Waals surface area contributed by atoms with Crippen molar-refractivity contribution < 1.29 is 14.1 Å². The van der Waals surface area contributed by atoms with Crippen molar-refractivity contribution in [2.24, 2.45) is 45.8 Å². The third kappa shape index (κ3) is 5.14. The lowest BCUT2D eigenvalue weighted by Gasteiger charge is -2.68. The van der Waals surface area contributed by atoms with Crippen LogP contribution in [-0.2, 0) is 10.8 Å². The van der Waals surface area contributed by atoms with Crippen molar-refractivity contribution in [2.45, 2.75) is 97.9 Å². The van der Waals surface area contributed by atoms with E-state index in [0.717, 1.165) is 61.9 Å². The number of carboxylic acids is 1. The molecule has 6 heteroatoms. The highest BCUT2D eigenvalue weighted by atomic mass is 32.2. The Hall–Kier alpha value is -1.76. The summed E-state index contributed by atoms with van der Waals surface area (Å²) in [6.07, 6.45) is 16.7. The summed E-state index contributed by atoms with van der Waals surface area (Å²) in [5, 5.41) is 13.7. The highest BCUT2D eigenvalue weighted by Gasteiger charge is 2.65. The first-order valence-electron chi connectivity index (χ1n) is 18.4. The van der Waals surface area contributed by atoms with Crippen LogP contribution in [0.15, 0.2) is 42.0 Å². The lowest BCUT2D eigenvalue weighted by Crippen LogP contribution is -2.64. The molecule has 5 fully saturated rings. The Morgan fingerprint density at radius 2 is 1.72 bits per heavy atom. The Kier molecular flexibility index (Phi) is 8.54. The van der Waals surface area contributed by atoms with Crippen LogP contribution in [0.5, 0.6) is 0 Å². The highest BCUT2D eigenvalue weighted by Crippen LogP contribution is 2.72. The average molecular weight is 647 g/mol. The molecule has 2 N–H and O–H groups in total. The average Bonchev–Trinajstić information content (AvgIpc) is 3.41. The van der Waals surface area contributed by atoms with E-state index in [-0.39, 0.29) is 16.4 Å². The molecule has 6 aliphatic rings. The number of benzene rings is 1. The van der Waals surface area contributed by atoms with Crippen molar-refractivity contribution in [1.82, 2.24) is 10.2 Å². The second kappa shape index (κ2) is 12.0. The van der Waals surface area contributed by atoms with Gasteiger partial charge in [-0.05, 0) is 128 Å². The molecule has 0 bridgehead atoms. The predicted octanol–water partition coefficient (Wildman–Crippen LogP) is 7.81. The smallest absolute Gasteiger partial charge is 0.335 e. The van der Waals surface area contributed by atoms with Gasteiger partial charge < -0.3 is 15.3 Å². The largest absolute Gasteiger partial charge is 0.478 e.